The Morgan fingerprint density at radius 1 is 0.686 bits per heavy atom. The van der Waals surface area contributed by atoms with Crippen LogP contribution in [0.1, 0.15) is 49.5 Å². The number of esters is 1. The summed E-state index contributed by atoms with van der Waals surface area (Å²) in [4.78, 5) is 51.9. The lowest BCUT2D eigenvalue weighted by molar-refractivity contribution is -0.134. The van der Waals surface area contributed by atoms with E-state index < -0.39 is 5.97 Å². The van der Waals surface area contributed by atoms with Crippen LogP contribution in [-0.2, 0) is 4.79 Å². The minimum atomic E-state index is -0.480. The third-order valence-corrected chi connectivity index (χ3v) is 6.00. The van der Waals surface area contributed by atoms with E-state index in [1.54, 1.807) is 72.8 Å². The van der Waals surface area contributed by atoms with Crippen molar-refractivity contribution in [3.05, 3.63) is 113 Å². The van der Waals surface area contributed by atoms with Gasteiger partial charge in [-0.05, 0) is 48.2 Å². The summed E-state index contributed by atoms with van der Waals surface area (Å²) in [5.74, 6) is -0.980. The lowest BCUT2D eigenvalue weighted by Crippen LogP contribution is -2.41. The number of hydrogen-bond donors (Lipinski definition) is 0. The summed E-state index contributed by atoms with van der Waals surface area (Å²) in [6.07, 6.45) is 0.312. The van der Waals surface area contributed by atoms with Crippen LogP contribution in [0, 0.1) is 0 Å². The molecule has 4 aromatic carbocycles. The van der Waals surface area contributed by atoms with Gasteiger partial charge in [0.1, 0.15) is 5.75 Å². The highest BCUT2D eigenvalue weighted by atomic mass is 16.5. The SMILES string of the molecule is O=C(CCCN1C(=O)c2cccc3cccc(c23)C1=O)Oc1ccc(C(=O)c2ccccc2)cc1. The molecule has 5 rings (SSSR count). The van der Waals surface area contributed by atoms with E-state index in [2.05, 4.69) is 0 Å². The van der Waals surface area contributed by atoms with Crippen LogP contribution in [0.15, 0.2) is 91.0 Å². The molecular weight excluding hydrogens is 442 g/mol. The summed E-state index contributed by atoms with van der Waals surface area (Å²) in [7, 11) is 0. The van der Waals surface area contributed by atoms with Crippen molar-refractivity contribution in [1.29, 1.82) is 0 Å². The van der Waals surface area contributed by atoms with Gasteiger partial charge in [-0.3, -0.25) is 24.1 Å². The third kappa shape index (κ3) is 4.34. The van der Waals surface area contributed by atoms with Crippen LogP contribution in [-0.4, -0.2) is 35.0 Å². The summed E-state index contributed by atoms with van der Waals surface area (Å²) in [6.45, 7) is 0.113. The second-order valence-electron chi connectivity index (χ2n) is 8.27. The van der Waals surface area contributed by atoms with Gasteiger partial charge in [0.05, 0.1) is 0 Å². The van der Waals surface area contributed by atoms with Crippen LogP contribution in [0.2, 0.25) is 0 Å². The van der Waals surface area contributed by atoms with E-state index in [0.717, 1.165) is 5.39 Å². The summed E-state index contributed by atoms with van der Waals surface area (Å²) in [6, 6.07) is 26.1. The Kier molecular flexibility index (Phi) is 5.94. The number of imide groups is 1. The maximum absolute atomic E-state index is 12.9. The van der Waals surface area contributed by atoms with Crippen molar-refractivity contribution in [2.45, 2.75) is 12.8 Å². The van der Waals surface area contributed by atoms with Crippen LogP contribution >= 0.6 is 0 Å². The Morgan fingerprint density at radius 3 is 1.91 bits per heavy atom. The maximum atomic E-state index is 12.9. The highest BCUT2D eigenvalue weighted by molar-refractivity contribution is 6.25. The van der Waals surface area contributed by atoms with Gasteiger partial charge in [-0.1, -0.05) is 54.6 Å². The third-order valence-electron chi connectivity index (χ3n) is 6.00. The minimum Gasteiger partial charge on any atom is -0.427 e. The molecule has 0 bridgehead atoms. The zero-order valence-electron chi connectivity index (χ0n) is 18.8. The number of amides is 2. The number of carbonyl (C=O) groups excluding carboxylic acids is 4. The molecule has 0 unspecified atom stereocenters. The van der Waals surface area contributed by atoms with Crippen molar-refractivity contribution >= 4 is 34.3 Å². The van der Waals surface area contributed by atoms with E-state index in [4.69, 9.17) is 4.74 Å². The molecule has 0 spiro atoms. The van der Waals surface area contributed by atoms with E-state index in [0.29, 0.717) is 33.4 Å². The lowest BCUT2D eigenvalue weighted by atomic mass is 9.94. The molecule has 0 radical (unpaired) electrons. The van der Waals surface area contributed by atoms with Crippen LogP contribution in [0.5, 0.6) is 5.75 Å². The zero-order chi connectivity index (χ0) is 24.4. The fourth-order valence-corrected chi connectivity index (χ4v) is 4.28. The number of rotatable bonds is 7. The molecule has 0 saturated heterocycles. The molecule has 2 amide bonds. The Labute approximate surface area is 201 Å². The molecule has 0 aromatic heterocycles. The van der Waals surface area contributed by atoms with Gasteiger partial charge >= 0.3 is 5.97 Å². The number of ether oxygens (including phenoxy) is 1. The Bertz CT molecular complexity index is 1410. The Hall–Kier alpha value is -4.58. The van der Waals surface area contributed by atoms with Crippen LogP contribution < -0.4 is 4.74 Å². The van der Waals surface area contributed by atoms with E-state index >= 15 is 0 Å². The fraction of sp³-hybridized carbons (Fsp3) is 0.103. The number of ketones is 1. The first-order valence-corrected chi connectivity index (χ1v) is 11.3. The molecule has 1 heterocycles. The highest BCUT2D eigenvalue weighted by Crippen LogP contribution is 2.30. The summed E-state index contributed by atoms with van der Waals surface area (Å²) < 4.78 is 5.36. The van der Waals surface area contributed by atoms with E-state index in [9.17, 15) is 19.2 Å². The van der Waals surface area contributed by atoms with Crippen molar-refractivity contribution in [2.24, 2.45) is 0 Å². The van der Waals surface area contributed by atoms with Crippen molar-refractivity contribution in [3.63, 3.8) is 0 Å². The van der Waals surface area contributed by atoms with E-state index in [1.165, 1.54) is 4.90 Å². The van der Waals surface area contributed by atoms with Crippen molar-refractivity contribution in [2.75, 3.05) is 6.54 Å². The summed E-state index contributed by atoms with van der Waals surface area (Å²) >= 11 is 0. The molecule has 0 fully saturated rings. The fourth-order valence-electron chi connectivity index (χ4n) is 4.28. The molecule has 172 valence electrons. The minimum absolute atomic E-state index is 0.0353. The second-order valence-corrected chi connectivity index (χ2v) is 8.27. The average molecular weight is 463 g/mol. The quantitative estimate of drug-likeness (QED) is 0.166. The van der Waals surface area contributed by atoms with Gasteiger partial charge in [-0.25, -0.2) is 0 Å². The van der Waals surface area contributed by atoms with E-state index in [-0.39, 0.29) is 37.0 Å². The maximum Gasteiger partial charge on any atom is 0.311 e. The summed E-state index contributed by atoms with van der Waals surface area (Å²) in [5, 5.41) is 1.52. The number of carbonyl (C=O) groups is 4. The molecule has 1 aliphatic rings. The topological polar surface area (TPSA) is 80.8 Å². The average Bonchev–Trinajstić information content (AvgIpc) is 2.89. The van der Waals surface area contributed by atoms with Gasteiger partial charge < -0.3 is 4.74 Å². The molecule has 6 heteroatoms. The smallest absolute Gasteiger partial charge is 0.311 e. The molecular formula is C29H21NO5. The lowest BCUT2D eigenvalue weighted by Gasteiger charge is -2.27. The van der Waals surface area contributed by atoms with Crippen LogP contribution in [0.3, 0.4) is 0 Å². The van der Waals surface area contributed by atoms with Gasteiger partial charge in [0, 0.05) is 40.6 Å². The van der Waals surface area contributed by atoms with Crippen LogP contribution in [0.4, 0.5) is 0 Å². The first-order chi connectivity index (χ1) is 17.0. The predicted molar refractivity (Wildman–Crippen MR) is 131 cm³/mol. The molecule has 4 aromatic rings. The number of benzene rings is 4. The van der Waals surface area contributed by atoms with E-state index in [1.807, 2.05) is 18.2 Å². The van der Waals surface area contributed by atoms with Gasteiger partial charge in [-0.2, -0.15) is 0 Å². The monoisotopic (exact) mass is 463 g/mol. The van der Waals surface area contributed by atoms with Crippen molar-refractivity contribution < 1.29 is 23.9 Å². The predicted octanol–water partition coefficient (Wildman–Crippen LogP) is 5.05. The molecule has 0 saturated carbocycles. The Balaban J connectivity index is 1.18. The first-order valence-electron chi connectivity index (χ1n) is 11.3. The van der Waals surface area contributed by atoms with Gasteiger partial charge in [0.15, 0.2) is 5.78 Å². The second kappa shape index (κ2) is 9.35. The Morgan fingerprint density at radius 2 is 1.29 bits per heavy atom. The molecule has 1 aliphatic heterocycles. The molecule has 0 aliphatic carbocycles. The van der Waals surface area contributed by atoms with Gasteiger partial charge in [0.2, 0.25) is 0 Å². The standard InChI is InChI=1S/C29H21NO5/c31-25(35-22-16-14-21(15-17-22)27(32)20-7-2-1-3-8-20)13-6-18-30-28(33)23-11-4-9-19-10-5-12-24(26(19)23)29(30)34/h1-5,7-12,14-17H,6,13,18H2. The zero-order valence-corrected chi connectivity index (χ0v) is 18.8. The number of hydrogen-bond acceptors (Lipinski definition) is 5. The highest BCUT2D eigenvalue weighted by Gasteiger charge is 2.32. The molecule has 6 nitrogen and oxygen atoms in total. The first kappa shape index (κ1) is 22.2. The normalized spacial score (nSPS) is 12.6. The largest absolute Gasteiger partial charge is 0.427 e. The van der Waals surface area contributed by atoms with Crippen molar-refractivity contribution in [3.8, 4) is 5.75 Å². The summed E-state index contributed by atoms with van der Waals surface area (Å²) in [5.41, 5.74) is 2.06. The number of nitrogens with zero attached hydrogens (tertiary/aromatic N) is 1. The molecule has 0 atom stereocenters. The van der Waals surface area contributed by atoms with Gasteiger partial charge in [-0.15, -0.1) is 0 Å². The van der Waals surface area contributed by atoms with Crippen LogP contribution in [0.25, 0.3) is 10.8 Å². The van der Waals surface area contributed by atoms with Crippen molar-refractivity contribution in [1.82, 2.24) is 4.90 Å². The molecule has 35 heavy (non-hydrogen) atoms. The molecule has 0 N–H and O–H groups in total. The van der Waals surface area contributed by atoms with Gasteiger partial charge in [0.25, 0.3) is 11.8 Å².